The number of fused-ring (bicyclic) bond motifs is 1. The van der Waals surface area contributed by atoms with E-state index in [-0.39, 0.29) is 17.4 Å². The van der Waals surface area contributed by atoms with E-state index in [1.807, 2.05) is 0 Å². The third-order valence-corrected chi connectivity index (χ3v) is 6.09. The van der Waals surface area contributed by atoms with Crippen LogP contribution in [0.1, 0.15) is 45.6 Å². The van der Waals surface area contributed by atoms with Gasteiger partial charge >= 0.3 is 0 Å². The molecule has 3 rings (SSSR count). The van der Waals surface area contributed by atoms with Crippen molar-refractivity contribution in [2.45, 2.75) is 38.5 Å². The number of benzene rings is 1. The van der Waals surface area contributed by atoms with Crippen LogP contribution in [0.4, 0.5) is 5.00 Å². The summed E-state index contributed by atoms with van der Waals surface area (Å²) in [6.07, 6.45) is 5.28. The predicted octanol–water partition coefficient (Wildman–Crippen LogP) is 3.83. The Morgan fingerprint density at radius 3 is 2.56 bits per heavy atom. The third kappa shape index (κ3) is 5.06. The molecular formula is C19H20ClN3O2S2. The average Bonchev–Trinajstić information content (AvgIpc) is 2.78. The Hall–Kier alpha value is -1.96. The van der Waals surface area contributed by atoms with Crippen LogP contribution >= 0.6 is 35.2 Å². The number of amides is 2. The monoisotopic (exact) mass is 421 g/mol. The van der Waals surface area contributed by atoms with Crippen LogP contribution in [0.3, 0.4) is 0 Å². The van der Waals surface area contributed by atoms with Crippen molar-refractivity contribution in [3.8, 4) is 0 Å². The van der Waals surface area contributed by atoms with Crippen LogP contribution in [0.2, 0.25) is 5.02 Å². The lowest BCUT2D eigenvalue weighted by molar-refractivity contribution is -0.119. The van der Waals surface area contributed by atoms with E-state index in [0.29, 0.717) is 15.6 Å². The summed E-state index contributed by atoms with van der Waals surface area (Å²) in [6, 6.07) is 7.05. The molecule has 1 aromatic carbocycles. The van der Waals surface area contributed by atoms with Gasteiger partial charge in [0, 0.05) is 9.90 Å². The zero-order valence-corrected chi connectivity index (χ0v) is 17.0. The van der Waals surface area contributed by atoms with E-state index >= 15 is 0 Å². The van der Waals surface area contributed by atoms with Crippen LogP contribution in [-0.2, 0) is 24.1 Å². The number of carbonyl (C=O) groups excluding carboxylic acids is 2. The fourth-order valence-electron chi connectivity index (χ4n) is 3.18. The summed E-state index contributed by atoms with van der Waals surface area (Å²) in [7, 11) is 0. The van der Waals surface area contributed by atoms with E-state index in [4.69, 9.17) is 29.6 Å². The Bertz CT molecular complexity index is 878. The fourth-order valence-corrected chi connectivity index (χ4v) is 4.89. The first-order valence-electron chi connectivity index (χ1n) is 8.73. The van der Waals surface area contributed by atoms with E-state index in [1.54, 1.807) is 24.3 Å². The summed E-state index contributed by atoms with van der Waals surface area (Å²) < 4.78 is 0. The van der Waals surface area contributed by atoms with Gasteiger partial charge in [-0.05, 0) is 61.2 Å². The highest BCUT2D eigenvalue weighted by atomic mass is 35.5. The van der Waals surface area contributed by atoms with Gasteiger partial charge < -0.3 is 16.4 Å². The van der Waals surface area contributed by atoms with Crippen LogP contribution < -0.4 is 16.4 Å². The summed E-state index contributed by atoms with van der Waals surface area (Å²) in [6.45, 7) is 0. The molecule has 0 unspecified atom stereocenters. The molecule has 1 aliphatic carbocycles. The Labute approximate surface area is 172 Å². The number of hydrogen-bond donors (Lipinski definition) is 3. The lowest BCUT2D eigenvalue weighted by atomic mass is 10.1. The standard InChI is InChI=1S/C19H20ClN3O2S2/c20-12-8-6-11(7-9-12)10-15(24)22-19(26)23-18-16(17(21)25)13-4-2-1-3-5-14(13)27-18/h6-9H,1-5,10H2,(H2,21,25)(H2,22,23,24,26). The number of nitrogens with two attached hydrogens (primary N) is 1. The maximum Gasteiger partial charge on any atom is 0.251 e. The van der Waals surface area contributed by atoms with Gasteiger partial charge in [-0.1, -0.05) is 30.2 Å². The van der Waals surface area contributed by atoms with Crippen molar-refractivity contribution in [3.63, 3.8) is 0 Å². The van der Waals surface area contributed by atoms with Crippen molar-refractivity contribution >= 4 is 57.1 Å². The number of hydrogen-bond acceptors (Lipinski definition) is 4. The van der Waals surface area contributed by atoms with Gasteiger partial charge in [-0.15, -0.1) is 11.3 Å². The number of rotatable bonds is 4. The van der Waals surface area contributed by atoms with Crippen LogP contribution in [0, 0.1) is 0 Å². The molecule has 2 amide bonds. The van der Waals surface area contributed by atoms with E-state index in [9.17, 15) is 9.59 Å². The van der Waals surface area contributed by atoms with Gasteiger partial charge in [0.05, 0.1) is 12.0 Å². The number of thiocarbonyl (C=S) groups is 1. The maximum absolute atomic E-state index is 12.2. The summed E-state index contributed by atoms with van der Waals surface area (Å²) in [5.41, 5.74) is 7.98. The van der Waals surface area contributed by atoms with E-state index in [2.05, 4.69) is 10.6 Å². The van der Waals surface area contributed by atoms with Crippen molar-refractivity contribution in [1.82, 2.24) is 5.32 Å². The van der Waals surface area contributed by atoms with E-state index in [1.165, 1.54) is 16.2 Å². The van der Waals surface area contributed by atoms with Crippen molar-refractivity contribution < 1.29 is 9.59 Å². The maximum atomic E-state index is 12.2. The highest BCUT2D eigenvalue weighted by Gasteiger charge is 2.23. The zero-order chi connectivity index (χ0) is 19.4. The molecule has 0 saturated heterocycles. The molecule has 1 aromatic heterocycles. The molecule has 0 bridgehead atoms. The average molecular weight is 422 g/mol. The van der Waals surface area contributed by atoms with Gasteiger partial charge in [-0.3, -0.25) is 9.59 Å². The van der Waals surface area contributed by atoms with Gasteiger partial charge in [0.25, 0.3) is 5.91 Å². The first-order chi connectivity index (χ1) is 12.9. The quantitative estimate of drug-likeness (QED) is 0.517. The second-order valence-corrected chi connectivity index (χ2v) is 8.39. The number of thiophene rings is 1. The molecule has 0 spiro atoms. The van der Waals surface area contributed by atoms with Crippen molar-refractivity contribution in [2.75, 3.05) is 5.32 Å². The number of nitrogens with one attached hydrogen (secondary N) is 2. The molecule has 0 atom stereocenters. The minimum Gasteiger partial charge on any atom is -0.365 e. The fraction of sp³-hybridized carbons (Fsp3) is 0.316. The minimum atomic E-state index is -0.466. The Morgan fingerprint density at radius 1 is 1.15 bits per heavy atom. The molecule has 0 aliphatic heterocycles. The topological polar surface area (TPSA) is 84.2 Å². The first kappa shape index (κ1) is 19.8. The SMILES string of the molecule is NC(=O)c1c(NC(=S)NC(=O)Cc2ccc(Cl)cc2)sc2c1CCCCC2. The molecule has 0 saturated carbocycles. The third-order valence-electron chi connectivity index (χ3n) is 4.43. The molecular weight excluding hydrogens is 402 g/mol. The van der Waals surface area contributed by atoms with Gasteiger partial charge in [0.2, 0.25) is 5.91 Å². The Morgan fingerprint density at radius 2 is 1.85 bits per heavy atom. The van der Waals surface area contributed by atoms with Gasteiger partial charge in [0.1, 0.15) is 5.00 Å². The second-order valence-electron chi connectivity index (χ2n) is 6.44. The lowest BCUT2D eigenvalue weighted by Crippen LogP contribution is -2.35. The summed E-state index contributed by atoms with van der Waals surface area (Å²) in [4.78, 5) is 25.4. The number of primary amides is 1. The molecule has 8 heteroatoms. The molecule has 1 heterocycles. The smallest absolute Gasteiger partial charge is 0.251 e. The number of carbonyl (C=O) groups is 2. The highest BCUT2D eigenvalue weighted by molar-refractivity contribution is 7.80. The number of anilines is 1. The first-order valence-corrected chi connectivity index (χ1v) is 10.3. The Balaban J connectivity index is 1.67. The van der Waals surface area contributed by atoms with Crippen molar-refractivity contribution in [3.05, 3.63) is 50.9 Å². The molecule has 5 nitrogen and oxygen atoms in total. The van der Waals surface area contributed by atoms with E-state index < -0.39 is 5.91 Å². The highest BCUT2D eigenvalue weighted by Crippen LogP contribution is 2.37. The summed E-state index contributed by atoms with van der Waals surface area (Å²) in [5.74, 6) is -0.708. The second kappa shape index (κ2) is 8.82. The zero-order valence-electron chi connectivity index (χ0n) is 14.6. The molecule has 0 radical (unpaired) electrons. The van der Waals surface area contributed by atoms with Crippen LogP contribution in [0.15, 0.2) is 24.3 Å². The molecule has 4 N–H and O–H groups in total. The molecule has 27 heavy (non-hydrogen) atoms. The van der Waals surface area contributed by atoms with Crippen LogP contribution in [0.25, 0.3) is 0 Å². The molecule has 142 valence electrons. The summed E-state index contributed by atoms with van der Waals surface area (Å²) >= 11 is 12.6. The molecule has 0 fully saturated rings. The van der Waals surface area contributed by atoms with Crippen LogP contribution in [0.5, 0.6) is 0 Å². The molecule has 1 aliphatic rings. The van der Waals surface area contributed by atoms with E-state index in [0.717, 1.165) is 43.2 Å². The predicted molar refractivity (Wildman–Crippen MR) is 114 cm³/mol. The minimum absolute atomic E-state index is 0.160. The number of aryl methyl sites for hydroxylation is 1. The van der Waals surface area contributed by atoms with Crippen molar-refractivity contribution in [1.29, 1.82) is 0 Å². The summed E-state index contributed by atoms with van der Waals surface area (Å²) in [5, 5.41) is 7.04. The largest absolute Gasteiger partial charge is 0.365 e. The van der Waals surface area contributed by atoms with Crippen LogP contribution in [-0.4, -0.2) is 16.9 Å². The lowest BCUT2D eigenvalue weighted by Gasteiger charge is -2.10. The normalized spacial score (nSPS) is 13.4. The molecule has 2 aromatic rings. The number of halogens is 1. The van der Waals surface area contributed by atoms with Gasteiger partial charge in [-0.2, -0.15) is 0 Å². The van der Waals surface area contributed by atoms with Crippen molar-refractivity contribution in [2.24, 2.45) is 5.73 Å². The Kier molecular flexibility index (Phi) is 6.46. The van der Waals surface area contributed by atoms with Gasteiger partial charge in [0.15, 0.2) is 5.11 Å². The van der Waals surface area contributed by atoms with Gasteiger partial charge in [-0.25, -0.2) is 0 Å².